The number of para-hydroxylation sites is 5. The largest absolute Gasteiger partial charge is 0.309 e. The Balaban J connectivity index is 1.22. The van der Waals surface area contributed by atoms with Gasteiger partial charge in [0.1, 0.15) is 0 Å². The Kier molecular flexibility index (Phi) is 5.96. The molecule has 11 rings (SSSR count). The minimum Gasteiger partial charge on any atom is -0.309 e. The molecule has 0 aliphatic rings. The highest BCUT2D eigenvalue weighted by atomic mass is 15.0. The zero-order valence-corrected chi connectivity index (χ0v) is 27.7. The molecule has 0 bridgehead atoms. The summed E-state index contributed by atoms with van der Waals surface area (Å²) in [6, 6.07) is 68.4. The quantitative estimate of drug-likeness (QED) is 0.180. The van der Waals surface area contributed by atoms with Crippen molar-refractivity contribution < 1.29 is 0 Å². The van der Waals surface area contributed by atoms with Crippen LogP contribution in [0.3, 0.4) is 0 Å². The number of aromatic nitrogens is 3. The van der Waals surface area contributed by atoms with Crippen LogP contribution in [0.15, 0.2) is 188 Å². The third-order valence-electron chi connectivity index (χ3n) is 10.6. The molecule has 238 valence electrons. The summed E-state index contributed by atoms with van der Waals surface area (Å²) in [7, 11) is 0. The van der Waals surface area contributed by atoms with Gasteiger partial charge in [-0.05, 0) is 83.9 Å². The van der Waals surface area contributed by atoms with Crippen LogP contribution in [0.2, 0.25) is 0 Å². The summed E-state index contributed by atoms with van der Waals surface area (Å²) < 4.78 is 7.25. The van der Waals surface area contributed by atoms with Crippen molar-refractivity contribution in [1.29, 1.82) is 0 Å². The van der Waals surface area contributed by atoms with Crippen LogP contribution in [0.4, 0.5) is 0 Å². The van der Waals surface area contributed by atoms with Crippen LogP contribution < -0.4 is 0 Å². The summed E-state index contributed by atoms with van der Waals surface area (Å²) in [6.07, 6.45) is 0. The van der Waals surface area contributed by atoms with Crippen LogP contribution >= 0.6 is 0 Å². The molecular formula is C48H31N3. The van der Waals surface area contributed by atoms with E-state index in [9.17, 15) is 0 Å². The molecule has 0 fully saturated rings. The van der Waals surface area contributed by atoms with Crippen molar-refractivity contribution in [3.05, 3.63) is 188 Å². The second-order valence-corrected chi connectivity index (χ2v) is 13.4. The molecule has 3 nitrogen and oxygen atoms in total. The molecule has 0 saturated carbocycles. The van der Waals surface area contributed by atoms with Gasteiger partial charge in [0, 0.05) is 49.4 Å². The number of hydrogen-bond donors (Lipinski definition) is 0. The summed E-state index contributed by atoms with van der Waals surface area (Å²) in [5.41, 5.74) is 13.1. The summed E-state index contributed by atoms with van der Waals surface area (Å²) >= 11 is 0. The molecular weight excluding hydrogens is 619 g/mol. The van der Waals surface area contributed by atoms with Crippen LogP contribution in [0.5, 0.6) is 0 Å². The fourth-order valence-corrected chi connectivity index (χ4v) is 8.46. The molecule has 8 aromatic carbocycles. The molecule has 51 heavy (non-hydrogen) atoms. The first kappa shape index (κ1) is 28.0. The van der Waals surface area contributed by atoms with Crippen LogP contribution in [0.25, 0.3) is 93.6 Å². The van der Waals surface area contributed by atoms with Gasteiger partial charge in [0.25, 0.3) is 0 Å². The molecule has 0 spiro atoms. The lowest BCUT2D eigenvalue weighted by Crippen LogP contribution is -1.95. The Morgan fingerprint density at radius 1 is 0.235 bits per heavy atom. The van der Waals surface area contributed by atoms with Crippen molar-refractivity contribution in [2.45, 2.75) is 0 Å². The maximum Gasteiger partial charge on any atom is 0.0548 e. The topological polar surface area (TPSA) is 14.8 Å². The first-order valence-electron chi connectivity index (χ1n) is 17.5. The van der Waals surface area contributed by atoms with Crippen LogP contribution in [0, 0.1) is 0 Å². The summed E-state index contributed by atoms with van der Waals surface area (Å²) in [6.45, 7) is 0. The van der Waals surface area contributed by atoms with E-state index >= 15 is 0 Å². The van der Waals surface area contributed by atoms with E-state index in [2.05, 4.69) is 202 Å². The molecule has 0 N–H and O–H groups in total. The maximum atomic E-state index is 2.45. The van der Waals surface area contributed by atoms with E-state index in [0.717, 1.165) is 5.69 Å². The van der Waals surface area contributed by atoms with Gasteiger partial charge in [0.15, 0.2) is 0 Å². The van der Waals surface area contributed by atoms with Crippen molar-refractivity contribution in [2.24, 2.45) is 0 Å². The number of hydrogen-bond acceptors (Lipinski definition) is 0. The fourth-order valence-electron chi connectivity index (χ4n) is 8.46. The van der Waals surface area contributed by atoms with E-state index < -0.39 is 0 Å². The van der Waals surface area contributed by atoms with Gasteiger partial charge < -0.3 is 13.7 Å². The van der Waals surface area contributed by atoms with Gasteiger partial charge >= 0.3 is 0 Å². The molecule has 0 aliphatic heterocycles. The van der Waals surface area contributed by atoms with Gasteiger partial charge in [0.05, 0.1) is 33.1 Å². The molecule has 0 atom stereocenters. The first-order valence-corrected chi connectivity index (χ1v) is 17.5. The molecule has 3 aromatic heterocycles. The SMILES string of the molecule is c1ccc(-n2c3ccccc3c3ccc(-c4ccc5c6c7c8ccccc8n(-c8ccccc8)c7ccc6n(-c6ccccc6)c5c4)cc32)cc1. The lowest BCUT2D eigenvalue weighted by molar-refractivity contribution is 1.17. The monoisotopic (exact) mass is 649 g/mol. The van der Waals surface area contributed by atoms with Gasteiger partial charge in [-0.25, -0.2) is 0 Å². The van der Waals surface area contributed by atoms with Crippen molar-refractivity contribution in [3.8, 4) is 28.2 Å². The normalized spacial score (nSPS) is 11.9. The predicted octanol–water partition coefficient (Wildman–Crippen LogP) is 12.6. The second-order valence-electron chi connectivity index (χ2n) is 13.4. The number of nitrogens with zero attached hydrogens (tertiary/aromatic N) is 3. The van der Waals surface area contributed by atoms with Gasteiger partial charge in [-0.3, -0.25) is 0 Å². The number of fused-ring (bicyclic) bond motifs is 10. The van der Waals surface area contributed by atoms with Crippen LogP contribution in [0.1, 0.15) is 0 Å². The molecule has 0 radical (unpaired) electrons. The Morgan fingerprint density at radius 2 is 0.588 bits per heavy atom. The number of benzene rings is 8. The minimum absolute atomic E-state index is 1.15. The van der Waals surface area contributed by atoms with E-state index in [1.54, 1.807) is 0 Å². The summed E-state index contributed by atoms with van der Waals surface area (Å²) in [4.78, 5) is 0. The lowest BCUT2D eigenvalue weighted by atomic mass is 10.0. The lowest BCUT2D eigenvalue weighted by Gasteiger charge is -2.10. The average molecular weight is 650 g/mol. The molecule has 0 unspecified atom stereocenters. The Labute approximate surface area is 294 Å². The van der Waals surface area contributed by atoms with Gasteiger partial charge in [0.2, 0.25) is 0 Å². The van der Waals surface area contributed by atoms with Gasteiger partial charge in [-0.1, -0.05) is 115 Å². The summed E-state index contributed by atoms with van der Waals surface area (Å²) in [5, 5.41) is 7.60. The van der Waals surface area contributed by atoms with Crippen molar-refractivity contribution in [3.63, 3.8) is 0 Å². The standard InChI is InChI=1S/C48H31N3/c1-4-14-34(15-5-1)49-42-23-13-11-21-39(42)47-43(49)28-29-44-48(47)40-27-25-33(31-46(40)51(44)36-18-8-3-9-19-36)32-24-26-38-37-20-10-12-22-41(37)50(45(38)30-32)35-16-6-2-7-17-35/h1-31H. The zero-order chi connectivity index (χ0) is 33.5. The molecule has 3 heterocycles. The molecule has 0 amide bonds. The van der Waals surface area contributed by atoms with Crippen molar-refractivity contribution in [1.82, 2.24) is 13.7 Å². The van der Waals surface area contributed by atoms with E-state index in [-0.39, 0.29) is 0 Å². The highest BCUT2D eigenvalue weighted by Gasteiger charge is 2.21. The average Bonchev–Trinajstić information content (AvgIpc) is 3.84. The van der Waals surface area contributed by atoms with Crippen LogP contribution in [-0.4, -0.2) is 13.7 Å². The predicted molar refractivity (Wildman–Crippen MR) is 215 cm³/mol. The summed E-state index contributed by atoms with van der Waals surface area (Å²) in [5.74, 6) is 0. The minimum atomic E-state index is 1.15. The highest BCUT2D eigenvalue weighted by Crippen LogP contribution is 2.43. The Bertz CT molecular complexity index is 3110. The van der Waals surface area contributed by atoms with E-state index in [0.29, 0.717) is 0 Å². The Morgan fingerprint density at radius 3 is 1.14 bits per heavy atom. The second kappa shape index (κ2) is 10.8. The molecule has 11 aromatic rings. The fraction of sp³-hybridized carbons (Fsp3) is 0. The van der Waals surface area contributed by atoms with E-state index in [4.69, 9.17) is 0 Å². The third kappa shape index (κ3) is 4.06. The zero-order valence-electron chi connectivity index (χ0n) is 27.7. The first-order chi connectivity index (χ1) is 25.3. The van der Waals surface area contributed by atoms with Crippen molar-refractivity contribution >= 4 is 65.4 Å². The number of rotatable bonds is 4. The van der Waals surface area contributed by atoms with Crippen LogP contribution in [-0.2, 0) is 0 Å². The third-order valence-corrected chi connectivity index (χ3v) is 10.6. The maximum absolute atomic E-state index is 2.45. The molecule has 0 aliphatic carbocycles. The molecule has 3 heteroatoms. The van der Waals surface area contributed by atoms with Gasteiger partial charge in [-0.2, -0.15) is 0 Å². The van der Waals surface area contributed by atoms with E-state index in [1.165, 1.54) is 87.9 Å². The Hall–Kier alpha value is -6.84. The van der Waals surface area contributed by atoms with Gasteiger partial charge in [-0.15, -0.1) is 0 Å². The molecule has 0 saturated heterocycles. The highest BCUT2D eigenvalue weighted by molar-refractivity contribution is 6.29. The van der Waals surface area contributed by atoms with Crippen molar-refractivity contribution in [2.75, 3.05) is 0 Å². The van der Waals surface area contributed by atoms with E-state index in [1.807, 2.05) is 0 Å². The smallest absolute Gasteiger partial charge is 0.0548 e.